The van der Waals surface area contributed by atoms with Crippen molar-refractivity contribution in [3.63, 3.8) is 0 Å². The molecule has 1 aliphatic rings. The zero-order chi connectivity index (χ0) is 28.8. The number of hydrogen-bond donors (Lipinski definition) is 1. The highest BCUT2D eigenvalue weighted by molar-refractivity contribution is 5.95. The summed E-state index contributed by atoms with van der Waals surface area (Å²) in [5.41, 5.74) is 5.01. The molecule has 0 spiro atoms. The summed E-state index contributed by atoms with van der Waals surface area (Å²) < 4.78 is 11.7. The van der Waals surface area contributed by atoms with Crippen LogP contribution in [0.2, 0.25) is 0 Å². The molecule has 3 aromatic carbocycles. The Hall–Kier alpha value is -4.88. The van der Waals surface area contributed by atoms with Crippen LogP contribution in [0, 0.1) is 18.3 Å². The number of aromatic nitrogens is 2. The number of H-pyrrole nitrogens is 1. The van der Waals surface area contributed by atoms with Gasteiger partial charge in [0, 0.05) is 44.7 Å². The van der Waals surface area contributed by atoms with Gasteiger partial charge in [-0.3, -0.25) is 9.69 Å². The van der Waals surface area contributed by atoms with Gasteiger partial charge >= 0.3 is 11.4 Å². The molecule has 10 nitrogen and oxygen atoms in total. The molecule has 0 bridgehead atoms. The Morgan fingerprint density at radius 1 is 1.00 bits per heavy atom. The van der Waals surface area contributed by atoms with Crippen molar-refractivity contribution in [2.24, 2.45) is 0 Å². The highest BCUT2D eigenvalue weighted by Gasteiger charge is 2.22. The van der Waals surface area contributed by atoms with Crippen LogP contribution < -0.4 is 16.2 Å². The van der Waals surface area contributed by atoms with Gasteiger partial charge in [0.15, 0.2) is 0 Å². The lowest BCUT2D eigenvalue weighted by Crippen LogP contribution is -2.48. The van der Waals surface area contributed by atoms with E-state index < -0.39 is 11.4 Å². The Balaban J connectivity index is 1.19. The van der Waals surface area contributed by atoms with E-state index in [1.165, 1.54) is 0 Å². The fourth-order valence-corrected chi connectivity index (χ4v) is 4.96. The Labute approximate surface area is 237 Å². The minimum Gasteiger partial charge on any atom is -0.489 e. The molecule has 1 amide bonds. The van der Waals surface area contributed by atoms with Crippen LogP contribution in [0.4, 0.5) is 0 Å². The molecule has 5 rings (SSSR count). The number of piperazine rings is 1. The van der Waals surface area contributed by atoms with Crippen molar-refractivity contribution in [3.05, 3.63) is 110 Å². The van der Waals surface area contributed by atoms with E-state index in [9.17, 15) is 14.4 Å². The Morgan fingerprint density at radius 3 is 2.46 bits per heavy atom. The van der Waals surface area contributed by atoms with Gasteiger partial charge in [0.2, 0.25) is 0 Å². The van der Waals surface area contributed by atoms with Gasteiger partial charge in [-0.25, -0.2) is 14.6 Å². The Bertz CT molecular complexity index is 1670. The largest absolute Gasteiger partial charge is 0.489 e. The maximum atomic E-state index is 13.1. The minimum atomic E-state index is -0.782. The number of nitriles is 1. The quantitative estimate of drug-likeness (QED) is 0.337. The molecule has 0 aliphatic carbocycles. The third-order valence-corrected chi connectivity index (χ3v) is 7.19. The molecule has 0 atom stereocenters. The predicted molar refractivity (Wildman–Crippen MR) is 153 cm³/mol. The number of aryl methyl sites for hydroxylation is 1. The number of ether oxygens (including phenoxy) is 1. The molecule has 41 heavy (non-hydrogen) atoms. The van der Waals surface area contributed by atoms with Crippen LogP contribution in [0.3, 0.4) is 0 Å². The molecule has 1 fully saturated rings. The lowest BCUT2D eigenvalue weighted by Gasteiger charge is -2.34. The van der Waals surface area contributed by atoms with E-state index in [0.29, 0.717) is 37.4 Å². The van der Waals surface area contributed by atoms with Crippen LogP contribution in [-0.2, 0) is 13.2 Å². The zero-order valence-electron chi connectivity index (χ0n) is 22.8. The van der Waals surface area contributed by atoms with Gasteiger partial charge in [-0.1, -0.05) is 36.4 Å². The van der Waals surface area contributed by atoms with E-state index in [0.717, 1.165) is 52.2 Å². The average Bonchev–Trinajstić information content (AvgIpc) is 3.31. The van der Waals surface area contributed by atoms with Crippen LogP contribution in [0.25, 0.3) is 11.1 Å². The van der Waals surface area contributed by atoms with E-state index >= 15 is 0 Å². The standard InChI is InChI=1S/C31H31N5O5/c1-22-18-26(29(37)35-16-14-34(15-17-35)13-3-12-32)8-11-28(22)25-5-2-4-24(19-25)21-40-27-9-6-23(7-10-27)20-36-30(38)33-31(39)41-36/h2,4-11,18-19H,3,13-17,20-21H2,1H3,(H,33,38,39). The smallest absolute Gasteiger partial charge is 0.440 e. The Morgan fingerprint density at radius 2 is 1.78 bits per heavy atom. The first kappa shape index (κ1) is 27.7. The van der Waals surface area contributed by atoms with Crippen LogP contribution in [0.1, 0.15) is 33.5 Å². The SMILES string of the molecule is Cc1cc(C(=O)N2CCN(CCC#N)CC2)ccc1-c1cccc(COc2ccc(Cn3oc(=O)[nH]c3=O)cc2)c1. The van der Waals surface area contributed by atoms with Gasteiger partial charge in [-0.05, 0) is 65.1 Å². The summed E-state index contributed by atoms with van der Waals surface area (Å²) in [6.45, 7) is 6.20. The Kier molecular flexibility index (Phi) is 8.46. The van der Waals surface area contributed by atoms with Crippen LogP contribution >= 0.6 is 0 Å². The normalized spacial score (nSPS) is 13.6. The zero-order valence-corrected chi connectivity index (χ0v) is 22.8. The number of nitrogens with one attached hydrogen (secondary N) is 1. The summed E-state index contributed by atoms with van der Waals surface area (Å²) in [4.78, 5) is 42.1. The van der Waals surface area contributed by atoms with Gasteiger partial charge in [0.1, 0.15) is 12.4 Å². The summed E-state index contributed by atoms with van der Waals surface area (Å²) in [6.07, 6.45) is 0.511. The van der Waals surface area contributed by atoms with Gasteiger partial charge in [-0.15, -0.1) is 4.74 Å². The van der Waals surface area contributed by atoms with E-state index in [1.807, 2.05) is 60.4 Å². The molecule has 1 N–H and O–H groups in total. The van der Waals surface area contributed by atoms with Crippen LogP contribution in [0.5, 0.6) is 5.75 Å². The first-order valence-corrected chi connectivity index (χ1v) is 13.5. The molecule has 210 valence electrons. The molecular weight excluding hydrogens is 522 g/mol. The second-order valence-corrected chi connectivity index (χ2v) is 10.1. The van der Waals surface area contributed by atoms with Crippen LogP contribution in [-0.4, -0.2) is 58.2 Å². The van der Waals surface area contributed by atoms with E-state index in [-0.39, 0.29) is 12.5 Å². The second-order valence-electron chi connectivity index (χ2n) is 10.1. The second kappa shape index (κ2) is 12.5. The molecule has 1 aromatic heterocycles. The average molecular weight is 554 g/mol. The number of hydrogen-bond acceptors (Lipinski definition) is 7. The van der Waals surface area contributed by atoms with Gasteiger partial charge in [0.05, 0.1) is 12.6 Å². The van der Waals surface area contributed by atoms with Crippen molar-refractivity contribution >= 4 is 5.91 Å². The van der Waals surface area contributed by atoms with Gasteiger partial charge in [0.25, 0.3) is 5.91 Å². The lowest BCUT2D eigenvalue weighted by atomic mass is 9.96. The number of carbonyl (C=O) groups is 1. The summed E-state index contributed by atoms with van der Waals surface area (Å²) in [5.74, 6) is -0.0696. The van der Waals surface area contributed by atoms with Crippen molar-refractivity contribution in [1.82, 2.24) is 19.5 Å². The number of nitrogens with zero attached hydrogens (tertiary/aromatic N) is 4. The molecule has 2 heterocycles. The predicted octanol–water partition coefficient (Wildman–Crippen LogP) is 3.40. The first-order chi connectivity index (χ1) is 19.9. The van der Waals surface area contributed by atoms with E-state index in [4.69, 9.17) is 14.5 Å². The highest BCUT2D eigenvalue weighted by atomic mass is 16.5. The third kappa shape index (κ3) is 6.83. The first-order valence-electron chi connectivity index (χ1n) is 13.5. The number of amides is 1. The fourth-order valence-electron chi connectivity index (χ4n) is 4.96. The molecule has 0 unspecified atom stereocenters. The number of rotatable bonds is 9. The molecule has 1 aliphatic heterocycles. The molecular formula is C31H31N5O5. The lowest BCUT2D eigenvalue weighted by molar-refractivity contribution is 0.0639. The summed E-state index contributed by atoms with van der Waals surface area (Å²) in [7, 11) is 0. The van der Waals surface area contributed by atoms with Crippen molar-refractivity contribution in [2.45, 2.75) is 26.5 Å². The van der Waals surface area contributed by atoms with Gasteiger partial charge in [-0.2, -0.15) is 5.26 Å². The van der Waals surface area contributed by atoms with E-state index in [1.54, 1.807) is 12.1 Å². The minimum absolute atomic E-state index is 0.0393. The van der Waals surface area contributed by atoms with Crippen molar-refractivity contribution in [1.29, 1.82) is 5.26 Å². The molecule has 0 saturated carbocycles. The fraction of sp³-hybridized carbons (Fsp3) is 0.290. The number of benzene rings is 3. The van der Waals surface area contributed by atoms with Crippen molar-refractivity contribution in [2.75, 3.05) is 32.7 Å². The number of aromatic amines is 1. The monoisotopic (exact) mass is 553 g/mol. The molecule has 10 heteroatoms. The molecule has 4 aromatic rings. The van der Waals surface area contributed by atoms with Crippen molar-refractivity contribution < 1.29 is 14.1 Å². The molecule has 0 radical (unpaired) electrons. The number of carbonyl (C=O) groups excluding carboxylic acids is 1. The maximum Gasteiger partial charge on any atom is 0.440 e. The molecule has 1 saturated heterocycles. The van der Waals surface area contributed by atoms with Crippen molar-refractivity contribution in [3.8, 4) is 22.9 Å². The topological polar surface area (TPSA) is 125 Å². The van der Waals surface area contributed by atoms with E-state index in [2.05, 4.69) is 22.0 Å². The highest BCUT2D eigenvalue weighted by Crippen LogP contribution is 2.26. The third-order valence-electron chi connectivity index (χ3n) is 7.19. The summed E-state index contributed by atoms with van der Waals surface area (Å²) >= 11 is 0. The van der Waals surface area contributed by atoms with Crippen LogP contribution in [0.15, 0.2) is 80.8 Å². The maximum absolute atomic E-state index is 13.1. The van der Waals surface area contributed by atoms with Gasteiger partial charge < -0.3 is 14.2 Å². The summed E-state index contributed by atoms with van der Waals surface area (Å²) in [5, 5.41) is 8.79. The summed E-state index contributed by atoms with van der Waals surface area (Å²) in [6, 6.07) is 23.4.